The van der Waals surface area contributed by atoms with Crippen LogP contribution in [0.3, 0.4) is 0 Å². The van der Waals surface area contributed by atoms with Crippen LogP contribution in [-0.2, 0) is 12.8 Å². The highest BCUT2D eigenvalue weighted by Gasteiger charge is 2.21. The Balaban J connectivity index is 1.68. The van der Waals surface area contributed by atoms with Crippen molar-refractivity contribution in [2.75, 3.05) is 0 Å². The van der Waals surface area contributed by atoms with Crippen molar-refractivity contribution in [3.8, 4) is 0 Å². The van der Waals surface area contributed by atoms with Crippen molar-refractivity contribution < 1.29 is 4.79 Å². The zero-order chi connectivity index (χ0) is 13.2. The average molecular weight is 320 g/mol. The highest BCUT2D eigenvalue weighted by molar-refractivity contribution is 9.10. The van der Waals surface area contributed by atoms with Gasteiger partial charge < -0.3 is 5.32 Å². The van der Waals surface area contributed by atoms with Gasteiger partial charge in [0.1, 0.15) is 0 Å². The quantitative estimate of drug-likeness (QED) is 0.893. The van der Waals surface area contributed by atoms with Crippen LogP contribution in [0.2, 0.25) is 0 Å². The highest BCUT2D eigenvalue weighted by atomic mass is 79.9. The number of hydrogen-bond acceptors (Lipinski definition) is 2. The minimum atomic E-state index is -0.0192. The van der Waals surface area contributed by atoms with Crippen molar-refractivity contribution in [1.82, 2.24) is 15.5 Å². The molecule has 1 atom stereocenters. The smallest absolute Gasteiger partial charge is 0.251 e. The van der Waals surface area contributed by atoms with E-state index in [0.717, 1.165) is 29.4 Å². The zero-order valence-electron chi connectivity index (χ0n) is 10.3. The molecular formula is C14H14BrN3O. The molecule has 4 nitrogen and oxygen atoms in total. The minimum Gasteiger partial charge on any atom is -0.349 e. The number of hydrogen-bond donors (Lipinski definition) is 2. The van der Waals surface area contributed by atoms with E-state index in [1.165, 1.54) is 5.56 Å². The third-order valence-electron chi connectivity index (χ3n) is 3.44. The predicted molar refractivity (Wildman–Crippen MR) is 76.0 cm³/mol. The van der Waals surface area contributed by atoms with Crippen molar-refractivity contribution in [1.29, 1.82) is 0 Å². The summed E-state index contributed by atoms with van der Waals surface area (Å²) in [4.78, 5) is 12.2. The average Bonchev–Trinajstić information content (AvgIpc) is 2.86. The van der Waals surface area contributed by atoms with Crippen LogP contribution in [0.1, 0.15) is 28.0 Å². The summed E-state index contributed by atoms with van der Waals surface area (Å²) in [6, 6.07) is 7.62. The van der Waals surface area contributed by atoms with Gasteiger partial charge in [-0.3, -0.25) is 9.89 Å². The lowest BCUT2D eigenvalue weighted by molar-refractivity contribution is 0.0933. The van der Waals surface area contributed by atoms with Gasteiger partial charge in [0.25, 0.3) is 5.91 Å². The molecule has 0 radical (unpaired) electrons. The number of fused-ring (bicyclic) bond motifs is 1. The van der Waals surface area contributed by atoms with Crippen LogP contribution in [0.4, 0.5) is 0 Å². The minimum absolute atomic E-state index is 0.0192. The molecule has 0 saturated heterocycles. The Morgan fingerprint density at radius 3 is 3.21 bits per heavy atom. The van der Waals surface area contributed by atoms with Crippen molar-refractivity contribution in [3.05, 3.63) is 51.8 Å². The van der Waals surface area contributed by atoms with Gasteiger partial charge in [-0.2, -0.15) is 5.10 Å². The molecule has 5 heteroatoms. The van der Waals surface area contributed by atoms with E-state index >= 15 is 0 Å². The highest BCUT2D eigenvalue weighted by Crippen LogP contribution is 2.19. The molecule has 1 amide bonds. The fourth-order valence-corrected chi connectivity index (χ4v) is 2.83. The summed E-state index contributed by atoms with van der Waals surface area (Å²) >= 11 is 3.38. The number of nitrogens with zero attached hydrogens (tertiary/aromatic N) is 1. The molecule has 2 N–H and O–H groups in total. The molecule has 98 valence electrons. The van der Waals surface area contributed by atoms with Crippen LogP contribution < -0.4 is 5.32 Å². The number of aromatic amines is 1. The number of halogens is 1. The Bertz CT molecular complexity index is 608. The van der Waals surface area contributed by atoms with Crippen LogP contribution in [0, 0.1) is 0 Å². The summed E-state index contributed by atoms with van der Waals surface area (Å²) in [6.07, 6.45) is 4.64. The molecule has 19 heavy (non-hydrogen) atoms. The molecule has 1 aromatic carbocycles. The van der Waals surface area contributed by atoms with Crippen molar-refractivity contribution in [2.45, 2.75) is 25.3 Å². The van der Waals surface area contributed by atoms with Gasteiger partial charge in [0.05, 0.1) is 6.20 Å². The number of H-pyrrole nitrogens is 1. The first kappa shape index (κ1) is 12.4. The molecule has 0 fully saturated rings. The molecule has 0 aliphatic heterocycles. The molecule has 1 aliphatic carbocycles. The number of carbonyl (C=O) groups is 1. The van der Waals surface area contributed by atoms with Crippen LogP contribution in [-0.4, -0.2) is 22.1 Å². The fourth-order valence-electron chi connectivity index (χ4n) is 2.43. The second kappa shape index (κ2) is 5.17. The topological polar surface area (TPSA) is 57.8 Å². The van der Waals surface area contributed by atoms with Gasteiger partial charge in [-0.1, -0.05) is 22.0 Å². The molecule has 0 bridgehead atoms. The molecule has 0 spiro atoms. The first-order valence-electron chi connectivity index (χ1n) is 6.30. The van der Waals surface area contributed by atoms with Crippen LogP contribution in [0.15, 0.2) is 34.9 Å². The Morgan fingerprint density at radius 1 is 1.47 bits per heavy atom. The van der Waals surface area contributed by atoms with Crippen molar-refractivity contribution >= 4 is 21.8 Å². The van der Waals surface area contributed by atoms with E-state index in [-0.39, 0.29) is 11.9 Å². The van der Waals surface area contributed by atoms with Gasteiger partial charge in [0.15, 0.2) is 0 Å². The van der Waals surface area contributed by atoms with E-state index in [9.17, 15) is 4.79 Å². The molecule has 1 unspecified atom stereocenters. The van der Waals surface area contributed by atoms with E-state index < -0.39 is 0 Å². The molecule has 2 aromatic rings. The summed E-state index contributed by atoms with van der Waals surface area (Å²) in [7, 11) is 0. The zero-order valence-corrected chi connectivity index (χ0v) is 11.9. The second-order valence-electron chi connectivity index (χ2n) is 4.80. The summed E-state index contributed by atoms with van der Waals surface area (Å²) in [6.45, 7) is 0. The Labute approximate surface area is 119 Å². The van der Waals surface area contributed by atoms with E-state index in [4.69, 9.17) is 0 Å². The van der Waals surface area contributed by atoms with E-state index in [1.807, 2.05) is 30.5 Å². The summed E-state index contributed by atoms with van der Waals surface area (Å²) in [5, 5.41) is 10.1. The Morgan fingerprint density at radius 2 is 2.37 bits per heavy atom. The molecule has 3 rings (SSSR count). The molecule has 0 saturated carbocycles. The molecular weight excluding hydrogens is 306 g/mol. The largest absolute Gasteiger partial charge is 0.349 e. The lowest BCUT2D eigenvalue weighted by Crippen LogP contribution is -2.38. The van der Waals surface area contributed by atoms with E-state index in [1.54, 1.807) is 0 Å². The van der Waals surface area contributed by atoms with Crippen molar-refractivity contribution in [2.24, 2.45) is 0 Å². The number of carbonyl (C=O) groups excluding carboxylic acids is 1. The first-order chi connectivity index (χ1) is 9.22. The first-order valence-corrected chi connectivity index (χ1v) is 7.09. The van der Waals surface area contributed by atoms with Gasteiger partial charge in [-0.15, -0.1) is 0 Å². The number of benzene rings is 1. The number of rotatable bonds is 2. The van der Waals surface area contributed by atoms with Crippen LogP contribution in [0.25, 0.3) is 0 Å². The lowest BCUT2D eigenvalue weighted by Gasteiger charge is -2.22. The van der Waals surface area contributed by atoms with Crippen LogP contribution in [0.5, 0.6) is 0 Å². The Hall–Kier alpha value is -1.62. The molecule has 1 aliphatic rings. The Kier molecular flexibility index (Phi) is 3.38. The number of nitrogens with one attached hydrogen (secondary N) is 2. The number of aryl methyl sites for hydroxylation is 1. The number of aromatic nitrogens is 2. The third-order valence-corrected chi connectivity index (χ3v) is 3.94. The number of amides is 1. The summed E-state index contributed by atoms with van der Waals surface area (Å²) in [5.74, 6) is -0.0192. The lowest BCUT2D eigenvalue weighted by atomic mass is 9.93. The molecule has 1 aromatic heterocycles. The SMILES string of the molecule is O=C(NC1CCc2cn[nH]c2C1)c1cccc(Br)c1. The third kappa shape index (κ3) is 2.71. The maximum Gasteiger partial charge on any atom is 0.251 e. The van der Waals surface area contributed by atoms with Gasteiger partial charge in [-0.05, 0) is 36.6 Å². The molecule has 1 heterocycles. The monoisotopic (exact) mass is 319 g/mol. The second-order valence-corrected chi connectivity index (χ2v) is 5.71. The maximum absolute atomic E-state index is 12.2. The summed E-state index contributed by atoms with van der Waals surface area (Å²) in [5.41, 5.74) is 3.10. The predicted octanol–water partition coefficient (Wildman–Crippen LogP) is 2.46. The summed E-state index contributed by atoms with van der Waals surface area (Å²) < 4.78 is 0.916. The van der Waals surface area contributed by atoms with E-state index in [2.05, 4.69) is 31.4 Å². The van der Waals surface area contributed by atoms with Crippen LogP contribution >= 0.6 is 15.9 Å². The standard InChI is InChI=1S/C14H14BrN3O/c15-11-3-1-2-9(6-11)14(19)17-12-5-4-10-8-16-18-13(10)7-12/h1-3,6,8,12H,4-5,7H2,(H,16,18)(H,17,19). The van der Waals surface area contributed by atoms with Gasteiger partial charge in [0.2, 0.25) is 0 Å². The van der Waals surface area contributed by atoms with E-state index in [0.29, 0.717) is 5.56 Å². The maximum atomic E-state index is 12.2. The van der Waals surface area contributed by atoms with Gasteiger partial charge in [-0.25, -0.2) is 0 Å². The fraction of sp³-hybridized carbons (Fsp3) is 0.286. The van der Waals surface area contributed by atoms with Gasteiger partial charge in [0, 0.05) is 28.2 Å². The normalized spacial score (nSPS) is 17.8. The van der Waals surface area contributed by atoms with Gasteiger partial charge >= 0.3 is 0 Å². The van der Waals surface area contributed by atoms with Crippen molar-refractivity contribution in [3.63, 3.8) is 0 Å².